The van der Waals surface area contributed by atoms with E-state index in [0.29, 0.717) is 16.3 Å². The Morgan fingerprint density at radius 2 is 2.05 bits per heavy atom. The molecule has 6 heteroatoms. The van der Waals surface area contributed by atoms with Crippen LogP contribution in [0.4, 0.5) is 5.13 Å². The lowest BCUT2D eigenvalue weighted by atomic mass is 10.1. The predicted molar refractivity (Wildman–Crippen MR) is 78.2 cm³/mol. The van der Waals surface area contributed by atoms with Crippen LogP contribution in [0, 0.1) is 6.92 Å². The Kier molecular flexibility index (Phi) is 3.08. The van der Waals surface area contributed by atoms with E-state index in [2.05, 4.69) is 14.7 Å². The van der Waals surface area contributed by atoms with E-state index < -0.39 is 5.91 Å². The number of hydrogen-bond donors (Lipinski definition) is 2. The van der Waals surface area contributed by atoms with E-state index in [-0.39, 0.29) is 11.3 Å². The van der Waals surface area contributed by atoms with Crippen LogP contribution in [0.3, 0.4) is 0 Å². The lowest BCUT2D eigenvalue weighted by molar-refractivity contribution is 0.102. The smallest absolute Gasteiger partial charge is 0.261 e. The zero-order valence-electron chi connectivity index (χ0n) is 10.6. The first-order valence-electron chi connectivity index (χ1n) is 5.97. The van der Waals surface area contributed by atoms with Crippen LogP contribution in [0.25, 0.3) is 10.8 Å². The molecule has 2 N–H and O–H groups in total. The van der Waals surface area contributed by atoms with Crippen molar-refractivity contribution in [3.05, 3.63) is 47.8 Å². The minimum absolute atomic E-state index is 0.0261. The van der Waals surface area contributed by atoms with Crippen LogP contribution in [-0.4, -0.2) is 20.4 Å². The number of aromatic nitrogens is 2. The van der Waals surface area contributed by atoms with Gasteiger partial charge in [0.15, 0.2) is 0 Å². The summed E-state index contributed by atoms with van der Waals surface area (Å²) in [4.78, 5) is 16.2. The Morgan fingerprint density at radius 1 is 1.25 bits per heavy atom. The molecule has 0 bridgehead atoms. The summed E-state index contributed by atoms with van der Waals surface area (Å²) in [6.45, 7) is 1.75. The second kappa shape index (κ2) is 4.90. The minimum atomic E-state index is -0.399. The highest BCUT2D eigenvalue weighted by Crippen LogP contribution is 2.29. The van der Waals surface area contributed by atoms with Crippen LogP contribution in [0.15, 0.2) is 36.4 Å². The first-order valence-corrected chi connectivity index (χ1v) is 6.75. The highest BCUT2D eigenvalue weighted by atomic mass is 32.1. The molecule has 0 unspecified atom stereocenters. The maximum Gasteiger partial charge on any atom is 0.261 e. The van der Waals surface area contributed by atoms with Crippen molar-refractivity contribution in [1.82, 2.24) is 9.36 Å². The second-order valence-corrected chi connectivity index (χ2v) is 5.04. The lowest BCUT2D eigenvalue weighted by Crippen LogP contribution is -2.12. The quantitative estimate of drug-likeness (QED) is 0.759. The van der Waals surface area contributed by atoms with Crippen LogP contribution in [0.2, 0.25) is 0 Å². The number of aromatic hydroxyl groups is 1. The normalized spacial score (nSPS) is 10.7. The second-order valence-electron chi connectivity index (χ2n) is 4.28. The summed E-state index contributed by atoms with van der Waals surface area (Å²) in [5.74, 6) is 0.180. The molecule has 0 aliphatic carbocycles. The van der Waals surface area contributed by atoms with Crippen LogP contribution >= 0.6 is 11.5 Å². The van der Waals surface area contributed by atoms with Gasteiger partial charge in [-0.15, -0.1) is 0 Å². The van der Waals surface area contributed by atoms with Crippen molar-refractivity contribution in [3.63, 3.8) is 0 Å². The summed E-state index contributed by atoms with van der Waals surface area (Å²) in [6, 6.07) is 10.8. The number of nitrogens with one attached hydrogen (secondary N) is 1. The van der Waals surface area contributed by atoms with Crippen molar-refractivity contribution < 1.29 is 9.90 Å². The van der Waals surface area contributed by atoms with Crippen LogP contribution < -0.4 is 5.32 Å². The summed E-state index contributed by atoms with van der Waals surface area (Å²) in [5, 5.41) is 14.8. The van der Waals surface area contributed by atoms with Crippen molar-refractivity contribution >= 4 is 33.3 Å². The SMILES string of the molecule is Cc1nsc(NC(=O)c2ccc3ccccc3c2O)n1. The molecule has 0 saturated carbocycles. The number of fused-ring (bicyclic) bond motifs is 1. The summed E-state index contributed by atoms with van der Waals surface area (Å²) in [6.07, 6.45) is 0. The van der Waals surface area contributed by atoms with Gasteiger partial charge in [-0.3, -0.25) is 10.1 Å². The van der Waals surface area contributed by atoms with Gasteiger partial charge in [0.2, 0.25) is 5.13 Å². The van der Waals surface area contributed by atoms with Crippen molar-refractivity contribution in [1.29, 1.82) is 0 Å². The summed E-state index contributed by atoms with van der Waals surface area (Å²) in [5.41, 5.74) is 0.219. The molecular formula is C14H11N3O2S. The topological polar surface area (TPSA) is 75.1 Å². The summed E-state index contributed by atoms with van der Waals surface area (Å²) >= 11 is 1.11. The standard InChI is InChI=1S/C14H11N3O2S/c1-8-15-14(20-17-8)16-13(19)11-7-6-9-4-2-3-5-10(9)12(11)18/h2-7,18H,1H3,(H,15,16,17,19). The Hall–Kier alpha value is -2.47. The molecule has 0 fully saturated rings. The predicted octanol–water partition coefficient (Wildman–Crippen LogP) is 2.96. The van der Waals surface area contributed by atoms with Gasteiger partial charge in [0.1, 0.15) is 11.6 Å². The zero-order valence-corrected chi connectivity index (χ0v) is 11.4. The van der Waals surface area contributed by atoms with Gasteiger partial charge in [0, 0.05) is 16.9 Å². The Labute approximate surface area is 119 Å². The number of amides is 1. The molecule has 3 aromatic rings. The monoisotopic (exact) mass is 285 g/mol. The van der Waals surface area contributed by atoms with Crippen LogP contribution in [0.1, 0.15) is 16.2 Å². The lowest BCUT2D eigenvalue weighted by Gasteiger charge is -2.07. The van der Waals surface area contributed by atoms with E-state index in [4.69, 9.17) is 0 Å². The third kappa shape index (κ3) is 2.21. The van der Waals surface area contributed by atoms with Gasteiger partial charge >= 0.3 is 0 Å². The molecule has 0 aliphatic rings. The average molecular weight is 285 g/mol. The largest absolute Gasteiger partial charge is 0.506 e. The molecule has 0 saturated heterocycles. The first-order chi connectivity index (χ1) is 9.65. The number of phenols is 1. The fraction of sp³-hybridized carbons (Fsp3) is 0.0714. The molecular weight excluding hydrogens is 274 g/mol. The van der Waals surface area contributed by atoms with E-state index in [1.54, 1.807) is 25.1 Å². The maximum absolute atomic E-state index is 12.2. The Morgan fingerprint density at radius 3 is 2.80 bits per heavy atom. The highest BCUT2D eigenvalue weighted by Gasteiger charge is 2.15. The van der Waals surface area contributed by atoms with Crippen molar-refractivity contribution in [2.24, 2.45) is 0 Å². The van der Waals surface area contributed by atoms with E-state index in [9.17, 15) is 9.90 Å². The molecule has 0 radical (unpaired) electrons. The average Bonchev–Trinajstić information content (AvgIpc) is 2.84. The molecule has 1 heterocycles. The third-order valence-corrected chi connectivity index (χ3v) is 3.62. The van der Waals surface area contributed by atoms with Gasteiger partial charge < -0.3 is 5.11 Å². The summed E-state index contributed by atoms with van der Waals surface area (Å²) in [7, 11) is 0. The van der Waals surface area contributed by atoms with Crippen molar-refractivity contribution in [2.45, 2.75) is 6.92 Å². The molecule has 20 heavy (non-hydrogen) atoms. The number of aryl methyl sites for hydroxylation is 1. The molecule has 5 nitrogen and oxygen atoms in total. The summed E-state index contributed by atoms with van der Waals surface area (Å²) < 4.78 is 3.99. The van der Waals surface area contributed by atoms with E-state index in [1.165, 1.54) is 0 Å². The van der Waals surface area contributed by atoms with Crippen LogP contribution in [0.5, 0.6) is 5.75 Å². The zero-order chi connectivity index (χ0) is 14.1. The molecule has 1 aromatic heterocycles. The van der Waals surface area contributed by atoms with Crippen molar-refractivity contribution in [2.75, 3.05) is 5.32 Å². The fourth-order valence-electron chi connectivity index (χ4n) is 1.95. The van der Waals surface area contributed by atoms with Crippen LogP contribution in [-0.2, 0) is 0 Å². The molecule has 0 aliphatic heterocycles. The number of nitrogens with zero attached hydrogens (tertiary/aromatic N) is 2. The number of carbonyl (C=O) groups excluding carboxylic acids is 1. The van der Waals surface area contributed by atoms with E-state index in [1.807, 2.05) is 18.2 Å². The number of rotatable bonds is 2. The van der Waals surface area contributed by atoms with Gasteiger partial charge in [-0.05, 0) is 18.4 Å². The van der Waals surface area contributed by atoms with E-state index >= 15 is 0 Å². The minimum Gasteiger partial charge on any atom is -0.506 e. The number of anilines is 1. The molecule has 3 rings (SSSR count). The maximum atomic E-state index is 12.2. The van der Waals surface area contributed by atoms with Gasteiger partial charge in [-0.25, -0.2) is 4.98 Å². The van der Waals surface area contributed by atoms with Crippen molar-refractivity contribution in [3.8, 4) is 5.75 Å². The highest BCUT2D eigenvalue weighted by molar-refractivity contribution is 7.09. The number of phenolic OH excluding ortho intramolecular Hbond substituents is 1. The van der Waals surface area contributed by atoms with Gasteiger partial charge in [-0.2, -0.15) is 4.37 Å². The fourth-order valence-corrected chi connectivity index (χ4v) is 2.52. The third-order valence-electron chi connectivity index (χ3n) is 2.89. The number of hydrogen-bond acceptors (Lipinski definition) is 5. The van der Waals surface area contributed by atoms with Gasteiger partial charge in [0.05, 0.1) is 5.56 Å². The number of benzene rings is 2. The number of carbonyl (C=O) groups is 1. The first kappa shape index (κ1) is 12.6. The van der Waals surface area contributed by atoms with Gasteiger partial charge in [-0.1, -0.05) is 30.3 Å². The molecule has 2 aromatic carbocycles. The molecule has 0 atom stereocenters. The molecule has 0 spiro atoms. The molecule has 1 amide bonds. The van der Waals surface area contributed by atoms with E-state index in [0.717, 1.165) is 16.9 Å². The Balaban J connectivity index is 1.97. The molecule has 100 valence electrons. The van der Waals surface area contributed by atoms with Gasteiger partial charge in [0.25, 0.3) is 5.91 Å². The Bertz CT molecular complexity index is 798.